The number of carbonyl (C=O) groups is 1. The van der Waals surface area contributed by atoms with Gasteiger partial charge in [0.05, 0.1) is 6.61 Å². The average molecular weight is 293 g/mol. The summed E-state index contributed by atoms with van der Waals surface area (Å²) in [5.74, 6) is -0.958. The third-order valence-corrected chi connectivity index (χ3v) is 3.66. The minimum atomic E-state index is -1.04. The van der Waals surface area contributed by atoms with E-state index in [0.29, 0.717) is 18.1 Å². The Labute approximate surface area is 123 Å². The van der Waals surface area contributed by atoms with E-state index in [2.05, 4.69) is 4.90 Å². The number of hydrogen-bond acceptors (Lipinski definition) is 3. The molecule has 0 saturated carbocycles. The summed E-state index contributed by atoms with van der Waals surface area (Å²) in [7, 11) is 1.69. The molecule has 114 valence electrons. The van der Waals surface area contributed by atoms with Crippen molar-refractivity contribution in [2.45, 2.75) is 12.8 Å². The number of ether oxygens (including phenoxy) is 1. The minimum absolute atomic E-state index is 0.366. The van der Waals surface area contributed by atoms with Crippen LogP contribution >= 0.6 is 0 Å². The lowest BCUT2D eigenvalue weighted by Gasteiger charge is -2.35. The van der Waals surface area contributed by atoms with Crippen molar-refractivity contribution < 1.29 is 19.0 Å². The summed E-state index contributed by atoms with van der Waals surface area (Å²) >= 11 is 0. The number of hydrogen-bond donors (Lipinski definition) is 1. The Morgan fingerprint density at radius 1 is 1.57 bits per heavy atom. The van der Waals surface area contributed by atoms with Gasteiger partial charge in [0.25, 0.3) is 0 Å². The summed E-state index contributed by atoms with van der Waals surface area (Å²) in [6.45, 7) is 2.44. The smallest absolute Gasteiger partial charge is 0.328 e. The van der Waals surface area contributed by atoms with Gasteiger partial charge in [-0.05, 0) is 43.0 Å². The highest BCUT2D eigenvalue weighted by Crippen LogP contribution is 2.28. The summed E-state index contributed by atoms with van der Waals surface area (Å²) in [5.41, 5.74) is 1.46. The molecule has 1 atom stereocenters. The molecule has 0 amide bonds. The van der Waals surface area contributed by atoms with Crippen LogP contribution in [0, 0.1) is 11.7 Å². The van der Waals surface area contributed by atoms with Crippen molar-refractivity contribution in [2.24, 2.45) is 5.92 Å². The maximum absolute atomic E-state index is 13.4. The SMILES string of the molecule is COCC1CCCN(c2ccc(F)cc2/C=C/C(=O)O)C1. The van der Waals surface area contributed by atoms with Gasteiger partial charge in [-0.1, -0.05) is 0 Å². The zero-order valence-electron chi connectivity index (χ0n) is 12.1. The van der Waals surface area contributed by atoms with E-state index in [1.54, 1.807) is 13.2 Å². The average Bonchev–Trinajstić information content (AvgIpc) is 2.46. The summed E-state index contributed by atoms with van der Waals surface area (Å²) in [6.07, 6.45) is 4.65. The van der Waals surface area contributed by atoms with Crippen LogP contribution in [0.4, 0.5) is 10.1 Å². The zero-order chi connectivity index (χ0) is 15.2. The largest absolute Gasteiger partial charge is 0.478 e. The summed E-state index contributed by atoms with van der Waals surface area (Å²) in [5, 5.41) is 8.75. The molecular formula is C16H20FNO3. The number of nitrogens with zero attached hydrogens (tertiary/aromatic N) is 1. The highest BCUT2D eigenvalue weighted by atomic mass is 19.1. The van der Waals surface area contributed by atoms with Gasteiger partial charge in [0.2, 0.25) is 0 Å². The number of carboxylic acids is 1. The molecule has 1 aromatic rings. The molecule has 2 rings (SSSR count). The maximum atomic E-state index is 13.4. The molecule has 4 nitrogen and oxygen atoms in total. The van der Waals surface area contributed by atoms with Crippen molar-refractivity contribution in [3.63, 3.8) is 0 Å². The topological polar surface area (TPSA) is 49.8 Å². The molecule has 21 heavy (non-hydrogen) atoms. The Morgan fingerprint density at radius 2 is 2.38 bits per heavy atom. The second-order valence-corrected chi connectivity index (χ2v) is 5.28. The van der Waals surface area contributed by atoms with Crippen molar-refractivity contribution in [3.8, 4) is 0 Å². The van der Waals surface area contributed by atoms with E-state index in [1.807, 2.05) is 0 Å². The normalized spacial score (nSPS) is 19.1. The highest BCUT2D eigenvalue weighted by Gasteiger charge is 2.21. The fourth-order valence-electron chi connectivity index (χ4n) is 2.76. The van der Waals surface area contributed by atoms with E-state index >= 15 is 0 Å². The van der Waals surface area contributed by atoms with Crippen LogP contribution in [0.15, 0.2) is 24.3 Å². The van der Waals surface area contributed by atoms with Crippen LogP contribution in [0.1, 0.15) is 18.4 Å². The number of benzene rings is 1. The predicted molar refractivity (Wildman–Crippen MR) is 79.9 cm³/mol. The number of halogens is 1. The molecule has 1 aliphatic heterocycles. The fraction of sp³-hybridized carbons (Fsp3) is 0.438. The lowest BCUT2D eigenvalue weighted by Crippen LogP contribution is -2.37. The summed E-state index contributed by atoms with van der Waals surface area (Å²) in [4.78, 5) is 12.8. The van der Waals surface area contributed by atoms with Gasteiger partial charge in [0.15, 0.2) is 0 Å². The Hall–Kier alpha value is -1.88. The lowest BCUT2D eigenvalue weighted by atomic mass is 9.97. The first-order valence-corrected chi connectivity index (χ1v) is 7.04. The van der Waals surface area contributed by atoms with Gasteiger partial charge < -0.3 is 14.7 Å². The standard InChI is InChI=1S/C16H20FNO3/c1-21-11-12-3-2-8-18(10-12)15-6-5-14(17)9-13(15)4-7-16(19)20/h4-7,9,12H,2-3,8,10-11H2,1H3,(H,19,20)/b7-4+. The zero-order valence-corrected chi connectivity index (χ0v) is 12.1. The van der Waals surface area contributed by atoms with Gasteiger partial charge in [0.1, 0.15) is 5.82 Å². The number of methoxy groups -OCH3 is 1. The van der Waals surface area contributed by atoms with Crippen LogP contribution in [-0.4, -0.2) is 37.9 Å². The van der Waals surface area contributed by atoms with Crippen molar-refractivity contribution >= 4 is 17.7 Å². The number of anilines is 1. The van der Waals surface area contributed by atoms with Gasteiger partial charge >= 0.3 is 5.97 Å². The van der Waals surface area contributed by atoms with Crippen LogP contribution in [0.2, 0.25) is 0 Å². The second kappa shape index (κ2) is 7.22. The van der Waals surface area contributed by atoms with Crippen LogP contribution in [-0.2, 0) is 9.53 Å². The maximum Gasteiger partial charge on any atom is 0.328 e. The molecule has 0 aromatic heterocycles. The number of piperidine rings is 1. The Morgan fingerprint density at radius 3 is 3.10 bits per heavy atom. The van der Waals surface area contributed by atoms with Gasteiger partial charge in [-0.15, -0.1) is 0 Å². The summed E-state index contributed by atoms with van der Waals surface area (Å²) in [6, 6.07) is 4.49. The first-order valence-electron chi connectivity index (χ1n) is 7.04. The van der Waals surface area contributed by atoms with E-state index in [1.165, 1.54) is 18.2 Å². The minimum Gasteiger partial charge on any atom is -0.478 e. The third kappa shape index (κ3) is 4.29. The van der Waals surface area contributed by atoms with Crippen molar-refractivity contribution in [3.05, 3.63) is 35.7 Å². The van der Waals surface area contributed by atoms with Crippen LogP contribution in [0.3, 0.4) is 0 Å². The van der Waals surface area contributed by atoms with E-state index in [9.17, 15) is 9.18 Å². The molecular weight excluding hydrogens is 273 g/mol. The van der Waals surface area contributed by atoms with Crippen molar-refractivity contribution in [2.75, 3.05) is 31.7 Å². The van der Waals surface area contributed by atoms with Gasteiger partial charge in [-0.3, -0.25) is 0 Å². The molecule has 1 unspecified atom stereocenters. The van der Waals surface area contributed by atoms with Crippen molar-refractivity contribution in [1.82, 2.24) is 0 Å². The molecule has 1 aliphatic rings. The number of aliphatic carboxylic acids is 1. The molecule has 0 bridgehead atoms. The monoisotopic (exact) mass is 293 g/mol. The summed E-state index contributed by atoms with van der Waals surface area (Å²) < 4.78 is 18.6. The van der Waals surface area contributed by atoms with E-state index in [-0.39, 0.29) is 5.82 Å². The third-order valence-electron chi connectivity index (χ3n) is 3.66. The molecule has 5 heteroatoms. The first kappa shape index (κ1) is 15.5. The molecule has 0 spiro atoms. The van der Waals surface area contributed by atoms with Crippen LogP contribution < -0.4 is 4.90 Å². The first-order chi connectivity index (χ1) is 10.1. The molecule has 1 N–H and O–H groups in total. The highest BCUT2D eigenvalue weighted by molar-refractivity contribution is 5.87. The Balaban J connectivity index is 2.23. The molecule has 1 heterocycles. The van der Waals surface area contributed by atoms with Gasteiger partial charge in [0, 0.05) is 37.5 Å². The molecule has 0 aliphatic carbocycles. The predicted octanol–water partition coefficient (Wildman–Crippen LogP) is 2.79. The van der Waals surface area contributed by atoms with Crippen LogP contribution in [0.25, 0.3) is 6.08 Å². The fourth-order valence-corrected chi connectivity index (χ4v) is 2.76. The molecule has 1 fully saturated rings. The van der Waals surface area contributed by atoms with E-state index < -0.39 is 5.97 Å². The van der Waals surface area contributed by atoms with Crippen molar-refractivity contribution in [1.29, 1.82) is 0 Å². The second-order valence-electron chi connectivity index (χ2n) is 5.28. The van der Waals surface area contributed by atoms with Crippen LogP contribution in [0.5, 0.6) is 0 Å². The molecule has 1 aromatic carbocycles. The lowest BCUT2D eigenvalue weighted by molar-refractivity contribution is -0.131. The Bertz CT molecular complexity index is 528. The quantitative estimate of drug-likeness (QED) is 0.848. The number of carboxylic acid groups (broad SMARTS) is 1. The number of rotatable bonds is 5. The Kier molecular flexibility index (Phi) is 5.33. The van der Waals surface area contributed by atoms with E-state index in [4.69, 9.17) is 9.84 Å². The molecule has 1 saturated heterocycles. The molecule has 0 radical (unpaired) electrons. The van der Waals surface area contributed by atoms with Gasteiger partial charge in [-0.25, -0.2) is 9.18 Å². The van der Waals surface area contributed by atoms with E-state index in [0.717, 1.165) is 37.7 Å². The van der Waals surface area contributed by atoms with Gasteiger partial charge in [-0.2, -0.15) is 0 Å².